The van der Waals surface area contributed by atoms with Crippen LogP contribution in [0.3, 0.4) is 0 Å². The molecule has 1 aromatic carbocycles. The van der Waals surface area contributed by atoms with Gasteiger partial charge in [-0.3, -0.25) is 4.79 Å². The van der Waals surface area contributed by atoms with Crippen molar-refractivity contribution >= 4 is 11.6 Å². The Morgan fingerprint density at radius 1 is 1.29 bits per heavy atom. The van der Waals surface area contributed by atoms with Crippen molar-refractivity contribution in [1.29, 1.82) is 0 Å². The van der Waals surface area contributed by atoms with E-state index in [1.54, 1.807) is 0 Å². The van der Waals surface area contributed by atoms with Crippen LogP contribution in [0.15, 0.2) is 24.3 Å². The second-order valence-electron chi connectivity index (χ2n) is 6.71. The summed E-state index contributed by atoms with van der Waals surface area (Å²) in [5.41, 5.74) is 2.45. The fraction of sp³-hybridized carbons (Fsp3) is 0.611. The molecule has 1 aliphatic heterocycles. The number of carbonyl (C=O) groups is 1. The van der Waals surface area contributed by atoms with Crippen LogP contribution in [0.5, 0.6) is 0 Å². The summed E-state index contributed by atoms with van der Waals surface area (Å²) >= 11 is 0. The third kappa shape index (κ3) is 2.71. The van der Waals surface area contributed by atoms with E-state index in [9.17, 15) is 4.79 Å². The van der Waals surface area contributed by atoms with E-state index >= 15 is 0 Å². The quantitative estimate of drug-likeness (QED) is 0.925. The van der Waals surface area contributed by atoms with Crippen LogP contribution in [0.2, 0.25) is 0 Å². The third-order valence-electron chi connectivity index (χ3n) is 5.31. The van der Waals surface area contributed by atoms with Gasteiger partial charge in [-0.05, 0) is 44.9 Å². The average Bonchev–Trinajstić information content (AvgIpc) is 2.84. The van der Waals surface area contributed by atoms with Gasteiger partial charge in [0.15, 0.2) is 0 Å². The van der Waals surface area contributed by atoms with Crippen molar-refractivity contribution < 1.29 is 4.79 Å². The topological polar surface area (TPSA) is 32.3 Å². The van der Waals surface area contributed by atoms with E-state index in [2.05, 4.69) is 30.4 Å². The minimum atomic E-state index is 0.0204. The lowest BCUT2D eigenvalue weighted by Gasteiger charge is -2.38. The zero-order chi connectivity index (χ0) is 14.9. The second-order valence-corrected chi connectivity index (χ2v) is 6.71. The van der Waals surface area contributed by atoms with Crippen LogP contribution in [0.25, 0.3) is 0 Å². The van der Waals surface area contributed by atoms with Crippen LogP contribution in [-0.4, -0.2) is 24.5 Å². The molecule has 3 heteroatoms. The molecule has 0 spiro atoms. The Hall–Kier alpha value is -1.35. The fourth-order valence-electron chi connectivity index (χ4n) is 4.06. The molecule has 1 N–H and O–H groups in total. The number of anilines is 1. The highest BCUT2D eigenvalue weighted by Crippen LogP contribution is 2.36. The van der Waals surface area contributed by atoms with E-state index in [1.165, 1.54) is 24.8 Å². The maximum absolute atomic E-state index is 12.9. The van der Waals surface area contributed by atoms with Gasteiger partial charge >= 0.3 is 0 Å². The molecule has 1 atom stereocenters. The van der Waals surface area contributed by atoms with Gasteiger partial charge in [-0.2, -0.15) is 0 Å². The summed E-state index contributed by atoms with van der Waals surface area (Å²) in [4.78, 5) is 15.0. The molecule has 114 valence electrons. The molecule has 0 aromatic heterocycles. The van der Waals surface area contributed by atoms with E-state index in [0.29, 0.717) is 6.42 Å². The standard InChI is InChI=1S/C18H26N2O/c1-14-12-15-8-4-5-9-16(15)20(14)17(21)13-18(19-2)10-6-3-7-11-18/h4-5,8-9,14,19H,3,6-7,10-13H2,1-2H3. The molecule has 1 saturated carbocycles. The predicted molar refractivity (Wildman–Crippen MR) is 86.6 cm³/mol. The lowest BCUT2D eigenvalue weighted by molar-refractivity contribution is -0.120. The molecule has 1 aliphatic carbocycles. The first kappa shape index (κ1) is 14.6. The summed E-state index contributed by atoms with van der Waals surface area (Å²) in [6, 6.07) is 8.62. The smallest absolute Gasteiger partial charge is 0.229 e. The first-order chi connectivity index (χ1) is 10.2. The lowest BCUT2D eigenvalue weighted by Crippen LogP contribution is -2.50. The van der Waals surface area contributed by atoms with Gasteiger partial charge in [-0.1, -0.05) is 37.5 Å². The van der Waals surface area contributed by atoms with Gasteiger partial charge in [0.1, 0.15) is 0 Å². The molecule has 2 aliphatic rings. The molecule has 0 radical (unpaired) electrons. The number of amides is 1. The molecule has 0 saturated heterocycles. The van der Waals surface area contributed by atoms with Crippen molar-refractivity contribution in [3.05, 3.63) is 29.8 Å². The zero-order valence-corrected chi connectivity index (χ0v) is 13.2. The Morgan fingerprint density at radius 2 is 2.00 bits per heavy atom. The molecule has 1 heterocycles. The van der Waals surface area contributed by atoms with Crippen molar-refractivity contribution in [2.24, 2.45) is 0 Å². The van der Waals surface area contributed by atoms with Gasteiger partial charge in [0, 0.05) is 23.7 Å². The Balaban J connectivity index is 1.79. The van der Waals surface area contributed by atoms with E-state index in [-0.39, 0.29) is 17.5 Å². The van der Waals surface area contributed by atoms with E-state index in [1.807, 2.05) is 18.0 Å². The second kappa shape index (κ2) is 5.80. The molecular formula is C18H26N2O. The van der Waals surface area contributed by atoms with Crippen molar-refractivity contribution in [3.63, 3.8) is 0 Å². The summed E-state index contributed by atoms with van der Waals surface area (Å²) in [6.45, 7) is 2.16. The molecule has 1 amide bonds. The van der Waals surface area contributed by atoms with Crippen LogP contribution in [0, 0.1) is 0 Å². The number of para-hydroxylation sites is 1. The monoisotopic (exact) mass is 286 g/mol. The Kier molecular flexibility index (Phi) is 4.03. The number of carbonyl (C=O) groups excluding carboxylic acids is 1. The Morgan fingerprint density at radius 3 is 2.71 bits per heavy atom. The van der Waals surface area contributed by atoms with Crippen molar-refractivity contribution in [2.45, 2.75) is 63.5 Å². The van der Waals surface area contributed by atoms with Crippen LogP contribution in [0.1, 0.15) is 51.0 Å². The summed E-state index contributed by atoms with van der Waals surface area (Å²) < 4.78 is 0. The lowest BCUT2D eigenvalue weighted by atomic mass is 9.79. The number of nitrogens with zero attached hydrogens (tertiary/aromatic N) is 1. The van der Waals surface area contributed by atoms with Crippen molar-refractivity contribution in [1.82, 2.24) is 5.32 Å². The summed E-state index contributed by atoms with van der Waals surface area (Å²) in [6.07, 6.45) is 7.63. The minimum absolute atomic E-state index is 0.0204. The van der Waals surface area contributed by atoms with Gasteiger partial charge in [-0.15, -0.1) is 0 Å². The van der Waals surface area contributed by atoms with Crippen LogP contribution in [-0.2, 0) is 11.2 Å². The summed E-state index contributed by atoms with van der Waals surface area (Å²) in [5.74, 6) is 0.281. The molecule has 21 heavy (non-hydrogen) atoms. The third-order valence-corrected chi connectivity index (χ3v) is 5.31. The van der Waals surface area contributed by atoms with Gasteiger partial charge < -0.3 is 10.2 Å². The fourth-order valence-corrected chi connectivity index (χ4v) is 4.06. The number of hydrogen-bond donors (Lipinski definition) is 1. The normalized spacial score (nSPS) is 23.9. The van der Waals surface area contributed by atoms with E-state index in [4.69, 9.17) is 0 Å². The van der Waals surface area contributed by atoms with Gasteiger partial charge in [-0.25, -0.2) is 0 Å². The highest BCUT2D eigenvalue weighted by atomic mass is 16.2. The number of rotatable bonds is 3. The number of fused-ring (bicyclic) bond motifs is 1. The molecule has 1 fully saturated rings. The van der Waals surface area contributed by atoms with Crippen molar-refractivity contribution in [2.75, 3.05) is 11.9 Å². The first-order valence-electron chi connectivity index (χ1n) is 8.24. The predicted octanol–water partition coefficient (Wildman–Crippen LogP) is 3.28. The minimum Gasteiger partial charge on any atom is -0.314 e. The highest BCUT2D eigenvalue weighted by Gasteiger charge is 2.37. The maximum Gasteiger partial charge on any atom is 0.229 e. The zero-order valence-electron chi connectivity index (χ0n) is 13.2. The largest absolute Gasteiger partial charge is 0.314 e. The summed E-state index contributed by atoms with van der Waals surface area (Å²) in [5, 5.41) is 3.46. The van der Waals surface area contributed by atoms with Crippen LogP contribution in [0.4, 0.5) is 5.69 Å². The highest BCUT2D eigenvalue weighted by molar-refractivity contribution is 5.96. The summed E-state index contributed by atoms with van der Waals surface area (Å²) in [7, 11) is 2.01. The van der Waals surface area contributed by atoms with Gasteiger partial charge in [0.05, 0.1) is 0 Å². The molecule has 3 nitrogen and oxygen atoms in total. The maximum atomic E-state index is 12.9. The van der Waals surface area contributed by atoms with E-state index in [0.717, 1.165) is 24.9 Å². The van der Waals surface area contributed by atoms with Crippen LogP contribution < -0.4 is 10.2 Å². The van der Waals surface area contributed by atoms with Crippen molar-refractivity contribution in [3.8, 4) is 0 Å². The average molecular weight is 286 g/mol. The van der Waals surface area contributed by atoms with Gasteiger partial charge in [0.2, 0.25) is 5.91 Å². The molecule has 1 aromatic rings. The first-order valence-corrected chi connectivity index (χ1v) is 8.24. The number of hydrogen-bond acceptors (Lipinski definition) is 2. The van der Waals surface area contributed by atoms with Crippen LogP contribution >= 0.6 is 0 Å². The Labute approximate surface area is 127 Å². The molecule has 3 rings (SSSR count). The number of benzene rings is 1. The molecular weight excluding hydrogens is 260 g/mol. The molecule has 1 unspecified atom stereocenters. The Bertz CT molecular complexity index is 520. The van der Waals surface area contributed by atoms with Gasteiger partial charge in [0.25, 0.3) is 0 Å². The SMILES string of the molecule is CNC1(CC(=O)N2c3ccccc3CC2C)CCCCC1. The molecule has 0 bridgehead atoms. The van der Waals surface area contributed by atoms with E-state index < -0.39 is 0 Å². The number of nitrogens with one attached hydrogen (secondary N) is 1.